The second-order valence-electron chi connectivity index (χ2n) is 14.3. The van der Waals surface area contributed by atoms with Crippen molar-refractivity contribution in [1.29, 1.82) is 0 Å². The molecule has 1 aliphatic carbocycles. The Labute approximate surface area is 300 Å². The van der Waals surface area contributed by atoms with Crippen molar-refractivity contribution in [1.82, 2.24) is 15.0 Å². The molecule has 0 saturated carbocycles. The van der Waals surface area contributed by atoms with Crippen LogP contribution in [0.15, 0.2) is 156 Å². The molecule has 0 radical (unpaired) electrons. The summed E-state index contributed by atoms with van der Waals surface area (Å²) in [6.07, 6.45) is 0. The third kappa shape index (κ3) is 4.06. The molecule has 4 heteroatoms. The summed E-state index contributed by atoms with van der Waals surface area (Å²) in [6.45, 7) is 4.74. The highest BCUT2D eigenvalue weighted by atomic mass is 16.3. The van der Waals surface area contributed by atoms with Crippen molar-refractivity contribution in [2.24, 2.45) is 0 Å². The summed E-state index contributed by atoms with van der Waals surface area (Å²) in [7, 11) is 0. The second kappa shape index (κ2) is 10.7. The number of hydrogen-bond donors (Lipinski definition) is 0. The predicted octanol–water partition coefficient (Wildman–Crippen LogP) is 12.5. The van der Waals surface area contributed by atoms with Gasteiger partial charge in [0.2, 0.25) is 0 Å². The Kier molecular flexibility index (Phi) is 5.98. The van der Waals surface area contributed by atoms with Gasteiger partial charge in [-0.2, -0.15) is 0 Å². The first kappa shape index (κ1) is 29.1. The first-order valence-electron chi connectivity index (χ1n) is 17.8. The molecule has 0 aliphatic heterocycles. The predicted molar refractivity (Wildman–Crippen MR) is 213 cm³/mol. The van der Waals surface area contributed by atoms with E-state index in [1.165, 1.54) is 49.2 Å². The minimum atomic E-state index is -0.125. The van der Waals surface area contributed by atoms with Crippen LogP contribution in [0.1, 0.15) is 25.0 Å². The molecule has 0 fully saturated rings. The lowest BCUT2D eigenvalue weighted by atomic mass is 9.78. The monoisotopic (exact) mass is 665 g/mol. The Bertz CT molecular complexity index is 3100. The van der Waals surface area contributed by atoms with Crippen molar-refractivity contribution in [3.63, 3.8) is 0 Å². The fourth-order valence-corrected chi connectivity index (χ4v) is 8.77. The van der Waals surface area contributed by atoms with Crippen molar-refractivity contribution in [2.75, 3.05) is 0 Å². The van der Waals surface area contributed by atoms with E-state index in [1.807, 2.05) is 60.7 Å². The fourth-order valence-electron chi connectivity index (χ4n) is 8.77. The molecule has 0 saturated heterocycles. The highest BCUT2D eigenvalue weighted by Gasteiger charge is 2.38. The second-order valence-corrected chi connectivity index (χ2v) is 14.3. The first-order valence-corrected chi connectivity index (χ1v) is 17.8. The van der Waals surface area contributed by atoms with E-state index in [0.717, 1.165) is 44.0 Å². The molecular formula is C48H31N3O. The van der Waals surface area contributed by atoms with Crippen molar-refractivity contribution in [3.8, 4) is 45.3 Å². The maximum Gasteiger partial charge on any atom is 0.164 e. The van der Waals surface area contributed by atoms with Gasteiger partial charge in [0, 0.05) is 32.9 Å². The topological polar surface area (TPSA) is 51.8 Å². The third-order valence-corrected chi connectivity index (χ3v) is 11.1. The summed E-state index contributed by atoms with van der Waals surface area (Å²) < 4.78 is 6.25. The number of furan rings is 1. The highest BCUT2D eigenvalue weighted by molar-refractivity contribution is 6.26. The highest BCUT2D eigenvalue weighted by Crippen LogP contribution is 2.55. The zero-order chi connectivity index (χ0) is 34.6. The molecule has 0 N–H and O–H groups in total. The number of rotatable bonds is 3. The molecule has 10 aromatic rings. The summed E-state index contributed by atoms with van der Waals surface area (Å²) in [6, 6.07) is 53.5. The molecule has 11 rings (SSSR count). The Hall–Kier alpha value is -6.65. The van der Waals surface area contributed by atoms with Gasteiger partial charge in [0.1, 0.15) is 11.2 Å². The Morgan fingerprint density at radius 3 is 1.96 bits per heavy atom. The minimum Gasteiger partial charge on any atom is -0.456 e. The maximum atomic E-state index is 6.25. The molecule has 1 aliphatic rings. The number of benzene rings is 8. The van der Waals surface area contributed by atoms with Crippen LogP contribution in [0, 0.1) is 0 Å². The zero-order valence-electron chi connectivity index (χ0n) is 28.7. The number of hydrogen-bond acceptors (Lipinski definition) is 4. The van der Waals surface area contributed by atoms with E-state index < -0.39 is 0 Å². The molecule has 8 aromatic carbocycles. The van der Waals surface area contributed by atoms with Crippen molar-refractivity contribution in [2.45, 2.75) is 19.3 Å². The molecule has 4 nitrogen and oxygen atoms in total. The summed E-state index contributed by atoms with van der Waals surface area (Å²) in [5, 5.41) is 9.59. The lowest BCUT2D eigenvalue weighted by molar-refractivity contribution is 0.666. The van der Waals surface area contributed by atoms with E-state index in [1.54, 1.807) is 0 Å². The number of fused-ring (bicyclic) bond motifs is 13. The maximum absolute atomic E-state index is 6.25. The van der Waals surface area contributed by atoms with Crippen LogP contribution in [0.5, 0.6) is 0 Å². The van der Waals surface area contributed by atoms with Gasteiger partial charge >= 0.3 is 0 Å². The molecule has 0 atom stereocenters. The Morgan fingerprint density at radius 2 is 1.10 bits per heavy atom. The lowest BCUT2D eigenvalue weighted by Crippen LogP contribution is -2.15. The molecule has 0 unspecified atom stereocenters. The quantitative estimate of drug-likeness (QED) is 0.176. The molecular weight excluding hydrogens is 635 g/mol. The SMILES string of the molecule is CC1(C)c2ccccc2-c2c1c1ccc3cc(-c4nc(-c5ccccc5)nc(-c5cccc6oc7ccccc7c56)n4)ccc3c1c1ccccc21. The summed E-state index contributed by atoms with van der Waals surface area (Å²) >= 11 is 0. The molecule has 0 spiro atoms. The van der Waals surface area contributed by atoms with Crippen molar-refractivity contribution >= 4 is 54.3 Å². The fraction of sp³-hybridized carbons (Fsp3) is 0.0625. The van der Waals surface area contributed by atoms with Crippen LogP contribution in [0.2, 0.25) is 0 Å². The Morgan fingerprint density at radius 1 is 0.442 bits per heavy atom. The van der Waals surface area contributed by atoms with E-state index in [0.29, 0.717) is 17.5 Å². The van der Waals surface area contributed by atoms with Crippen LogP contribution in [0.4, 0.5) is 0 Å². The van der Waals surface area contributed by atoms with Gasteiger partial charge in [-0.05, 0) is 72.8 Å². The van der Waals surface area contributed by atoms with Crippen molar-refractivity contribution in [3.05, 3.63) is 163 Å². The first-order chi connectivity index (χ1) is 25.5. The van der Waals surface area contributed by atoms with Crippen molar-refractivity contribution < 1.29 is 4.42 Å². The number of para-hydroxylation sites is 1. The molecule has 2 aromatic heterocycles. The lowest BCUT2D eigenvalue weighted by Gasteiger charge is -2.24. The van der Waals surface area contributed by atoms with Gasteiger partial charge in [0.25, 0.3) is 0 Å². The number of nitrogens with zero attached hydrogens (tertiary/aromatic N) is 3. The van der Waals surface area contributed by atoms with Gasteiger partial charge in [0.05, 0.1) is 0 Å². The van der Waals surface area contributed by atoms with Crippen LogP contribution in [-0.4, -0.2) is 15.0 Å². The summed E-state index contributed by atoms with van der Waals surface area (Å²) in [4.78, 5) is 15.3. The van der Waals surface area contributed by atoms with Crippen LogP contribution in [0.3, 0.4) is 0 Å². The largest absolute Gasteiger partial charge is 0.456 e. The van der Waals surface area contributed by atoms with Gasteiger partial charge in [-0.3, -0.25) is 0 Å². The average molecular weight is 666 g/mol. The normalized spacial score (nSPS) is 13.3. The molecule has 2 heterocycles. The van der Waals surface area contributed by atoms with Gasteiger partial charge < -0.3 is 4.42 Å². The summed E-state index contributed by atoms with van der Waals surface area (Å²) in [5.41, 5.74) is 9.82. The van der Waals surface area contributed by atoms with Crippen LogP contribution < -0.4 is 0 Å². The number of aromatic nitrogens is 3. The van der Waals surface area contributed by atoms with Gasteiger partial charge in [0.15, 0.2) is 17.5 Å². The summed E-state index contributed by atoms with van der Waals surface area (Å²) in [5.74, 6) is 1.88. The van der Waals surface area contributed by atoms with Crippen LogP contribution >= 0.6 is 0 Å². The standard InChI is InChI=1S/C48H31N3O/c1-48(2)38-20-10-8-17-34(38)43-33-16-7-6-15-32(33)41-31-25-24-30(27-29(31)23-26-36(41)44(43)48)46-49-45(28-13-4-3-5-14-28)50-47(51-46)37-19-12-22-40-42(37)35-18-9-11-21-39(35)52-40/h3-27H,1-2H3. The van der Waals surface area contributed by atoms with E-state index in [2.05, 4.69) is 105 Å². The van der Waals surface area contributed by atoms with E-state index in [9.17, 15) is 0 Å². The molecule has 52 heavy (non-hydrogen) atoms. The average Bonchev–Trinajstić information content (AvgIpc) is 3.70. The van der Waals surface area contributed by atoms with E-state index in [-0.39, 0.29) is 5.41 Å². The minimum absolute atomic E-state index is 0.125. The van der Waals surface area contributed by atoms with Gasteiger partial charge in [-0.25, -0.2) is 15.0 Å². The van der Waals surface area contributed by atoms with E-state index in [4.69, 9.17) is 19.4 Å². The third-order valence-electron chi connectivity index (χ3n) is 11.1. The van der Waals surface area contributed by atoms with Crippen LogP contribution in [-0.2, 0) is 5.41 Å². The zero-order valence-corrected chi connectivity index (χ0v) is 28.7. The molecule has 244 valence electrons. The smallest absolute Gasteiger partial charge is 0.164 e. The molecule has 0 amide bonds. The van der Waals surface area contributed by atoms with Gasteiger partial charge in [-0.1, -0.05) is 147 Å². The molecule has 0 bridgehead atoms. The Balaban J connectivity index is 1.15. The van der Waals surface area contributed by atoms with E-state index >= 15 is 0 Å². The van der Waals surface area contributed by atoms with Crippen LogP contribution in [0.25, 0.3) is 99.5 Å². The van der Waals surface area contributed by atoms with Gasteiger partial charge in [-0.15, -0.1) is 0 Å².